The normalized spacial score (nSPS) is 9.50. The Balaban J connectivity index is 2.56. The number of carbonyl (C=O) groups is 1. The molecule has 14 heavy (non-hydrogen) atoms. The Kier molecular flexibility index (Phi) is 4.20. The molecule has 0 aromatic heterocycles. The van der Waals surface area contributed by atoms with E-state index >= 15 is 0 Å². The van der Waals surface area contributed by atoms with Crippen LogP contribution in [0.5, 0.6) is 0 Å². The number of benzene rings is 1. The number of carbonyl (C=O) groups excluding carboxylic acids is 1. The summed E-state index contributed by atoms with van der Waals surface area (Å²) < 4.78 is 0. The molecule has 3 heteroatoms. The molecule has 0 aliphatic rings. The Labute approximate surface area is 88.6 Å². The fourth-order valence-electron chi connectivity index (χ4n) is 1.01. The summed E-state index contributed by atoms with van der Waals surface area (Å²) in [6, 6.07) is 7.16. The minimum Gasteiger partial charge on any atom is -0.325 e. The lowest BCUT2D eigenvalue weighted by Gasteiger charge is -2.05. The van der Waals surface area contributed by atoms with Gasteiger partial charge in [0.2, 0.25) is 5.91 Å². The molecule has 1 aromatic carbocycles. The van der Waals surface area contributed by atoms with Gasteiger partial charge in [0.25, 0.3) is 0 Å². The van der Waals surface area contributed by atoms with Crippen molar-refractivity contribution in [3.8, 4) is 0 Å². The van der Waals surface area contributed by atoms with Crippen LogP contribution >= 0.6 is 11.6 Å². The molecule has 0 aliphatic carbocycles. The van der Waals surface area contributed by atoms with E-state index < -0.39 is 0 Å². The van der Waals surface area contributed by atoms with E-state index in [1.165, 1.54) is 0 Å². The van der Waals surface area contributed by atoms with Gasteiger partial charge in [-0.15, -0.1) is 6.58 Å². The van der Waals surface area contributed by atoms with E-state index in [9.17, 15) is 4.79 Å². The first-order chi connectivity index (χ1) is 6.74. The van der Waals surface area contributed by atoms with Gasteiger partial charge in [-0.3, -0.25) is 4.79 Å². The van der Waals surface area contributed by atoms with Gasteiger partial charge in [-0.1, -0.05) is 29.8 Å². The van der Waals surface area contributed by atoms with E-state index in [0.29, 0.717) is 23.6 Å². The first kappa shape index (κ1) is 10.8. The second-order valence-electron chi connectivity index (χ2n) is 2.86. The number of rotatable bonds is 4. The van der Waals surface area contributed by atoms with Crippen molar-refractivity contribution >= 4 is 23.2 Å². The van der Waals surface area contributed by atoms with E-state index in [4.69, 9.17) is 11.6 Å². The molecule has 0 saturated heterocycles. The molecule has 2 nitrogen and oxygen atoms in total. The van der Waals surface area contributed by atoms with Crippen LogP contribution < -0.4 is 5.32 Å². The number of anilines is 1. The van der Waals surface area contributed by atoms with Crippen LogP contribution in [0.15, 0.2) is 36.9 Å². The standard InChI is InChI=1S/C11H12ClNO/c1-2-3-8-11(14)13-10-7-5-4-6-9(10)12/h2,4-7H,1,3,8H2,(H,13,14). The minimum atomic E-state index is -0.0435. The topological polar surface area (TPSA) is 29.1 Å². The summed E-state index contributed by atoms with van der Waals surface area (Å²) in [7, 11) is 0. The van der Waals surface area contributed by atoms with Crippen molar-refractivity contribution < 1.29 is 4.79 Å². The average Bonchev–Trinajstić information content (AvgIpc) is 2.18. The highest BCUT2D eigenvalue weighted by Crippen LogP contribution is 2.20. The van der Waals surface area contributed by atoms with E-state index in [2.05, 4.69) is 11.9 Å². The van der Waals surface area contributed by atoms with Crippen LogP contribution in [0.4, 0.5) is 5.69 Å². The quantitative estimate of drug-likeness (QED) is 0.758. The van der Waals surface area contributed by atoms with Crippen molar-refractivity contribution in [3.63, 3.8) is 0 Å². The smallest absolute Gasteiger partial charge is 0.224 e. The van der Waals surface area contributed by atoms with Crippen molar-refractivity contribution in [3.05, 3.63) is 41.9 Å². The first-order valence-electron chi connectivity index (χ1n) is 4.39. The molecular formula is C11H12ClNO. The Hall–Kier alpha value is -1.28. The van der Waals surface area contributed by atoms with Crippen LogP contribution in [0.1, 0.15) is 12.8 Å². The Bertz CT molecular complexity index is 336. The van der Waals surface area contributed by atoms with Gasteiger partial charge in [0.05, 0.1) is 10.7 Å². The third-order valence-electron chi connectivity index (χ3n) is 1.72. The molecule has 0 unspecified atom stereocenters. The molecule has 1 N–H and O–H groups in total. The Morgan fingerprint density at radius 1 is 1.50 bits per heavy atom. The monoisotopic (exact) mass is 209 g/mol. The van der Waals surface area contributed by atoms with Crippen molar-refractivity contribution in [1.29, 1.82) is 0 Å². The summed E-state index contributed by atoms with van der Waals surface area (Å²) in [5.41, 5.74) is 0.656. The molecule has 0 atom stereocenters. The van der Waals surface area contributed by atoms with E-state index in [0.717, 1.165) is 0 Å². The van der Waals surface area contributed by atoms with Crippen molar-refractivity contribution in [2.75, 3.05) is 5.32 Å². The third-order valence-corrected chi connectivity index (χ3v) is 2.05. The molecule has 1 aromatic rings. The van der Waals surface area contributed by atoms with Gasteiger partial charge < -0.3 is 5.32 Å². The van der Waals surface area contributed by atoms with E-state index in [1.54, 1.807) is 18.2 Å². The summed E-state index contributed by atoms with van der Waals surface area (Å²) in [6.07, 6.45) is 2.83. The SMILES string of the molecule is C=CCCC(=O)Nc1ccccc1Cl. The first-order valence-corrected chi connectivity index (χ1v) is 4.77. The lowest BCUT2D eigenvalue weighted by molar-refractivity contribution is -0.116. The average molecular weight is 210 g/mol. The zero-order chi connectivity index (χ0) is 10.4. The largest absolute Gasteiger partial charge is 0.325 e. The van der Waals surface area contributed by atoms with Crippen LogP contribution in [0.25, 0.3) is 0 Å². The van der Waals surface area contributed by atoms with E-state index in [1.807, 2.05) is 12.1 Å². The number of allylic oxidation sites excluding steroid dienone is 1. The highest BCUT2D eigenvalue weighted by atomic mass is 35.5. The maximum atomic E-state index is 11.3. The molecule has 0 aliphatic heterocycles. The number of amides is 1. The zero-order valence-electron chi connectivity index (χ0n) is 7.79. The van der Waals surface area contributed by atoms with Crippen molar-refractivity contribution in [2.45, 2.75) is 12.8 Å². The number of hydrogen-bond acceptors (Lipinski definition) is 1. The van der Waals surface area contributed by atoms with Gasteiger partial charge in [0, 0.05) is 6.42 Å². The summed E-state index contributed by atoms with van der Waals surface area (Å²) >= 11 is 5.87. The Morgan fingerprint density at radius 2 is 2.21 bits per heavy atom. The van der Waals surface area contributed by atoms with Crippen molar-refractivity contribution in [2.24, 2.45) is 0 Å². The fraction of sp³-hybridized carbons (Fsp3) is 0.182. The van der Waals surface area contributed by atoms with Gasteiger partial charge in [-0.2, -0.15) is 0 Å². The maximum Gasteiger partial charge on any atom is 0.224 e. The summed E-state index contributed by atoms with van der Waals surface area (Å²) in [5.74, 6) is -0.0435. The summed E-state index contributed by atoms with van der Waals surface area (Å²) in [6.45, 7) is 3.55. The van der Waals surface area contributed by atoms with Crippen LogP contribution in [-0.2, 0) is 4.79 Å². The lowest BCUT2D eigenvalue weighted by Crippen LogP contribution is -2.10. The van der Waals surface area contributed by atoms with Crippen LogP contribution in [0.3, 0.4) is 0 Å². The second-order valence-corrected chi connectivity index (χ2v) is 3.26. The number of para-hydroxylation sites is 1. The molecule has 74 valence electrons. The van der Waals surface area contributed by atoms with Gasteiger partial charge in [-0.05, 0) is 18.6 Å². The van der Waals surface area contributed by atoms with Crippen LogP contribution in [-0.4, -0.2) is 5.91 Å². The Morgan fingerprint density at radius 3 is 2.86 bits per heavy atom. The predicted molar refractivity (Wildman–Crippen MR) is 59.5 cm³/mol. The fourth-order valence-corrected chi connectivity index (χ4v) is 1.19. The number of nitrogens with one attached hydrogen (secondary N) is 1. The minimum absolute atomic E-state index is 0.0435. The number of hydrogen-bond donors (Lipinski definition) is 1. The maximum absolute atomic E-state index is 11.3. The zero-order valence-corrected chi connectivity index (χ0v) is 8.55. The lowest BCUT2D eigenvalue weighted by atomic mass is 10.2. The molecule has 0 bridgehead atoms. The molecule has 0 saturated carbocycles. The van der Waals surface area contributed by atoms with Gasteiger partial charge >= 0.3 is 0 Å². The molecule has 0 spiro atoms. The molecular weight excluding hydrogens is 198 g/mol. The third kappa shape index (κ3) is 3.23. The predicted octanol–water partition coefficient (Wildman–Crippen LogP) is 3.24. The molecule has 1 rings (SSSR count). The van der Waals surface area contributed by atoms with Gasteiger partial charge in [-0.25, -0.2) is 0 Å². The summed E-state index contributed by atoms with van der Waals surface area (Å²) in [4.78, 5) is 11.3. The van der Waals surface area contributed by atoms with Crippen molar-refractivity contribution in [1.82, 2.24) is 0 Å². The highest BCUT2D eigenvalue weighted by molar-refractivity contribution is 6.33. The highest BCUT2D eigenvalue weighted by Gasteiger charge is 2.03. The molecule has 0 radical (unpaired) electrons. The second kappa shape index (κ2) is 5.45. The molecule has 1 amide bonds. The van der Waals surface area contributed by atoms with Crippen LogP contribution in [0, 0.1) is 0 Å². The van der Waals surface area contributed by atoms with E-state index in [-0.39, 0.29) is 5.91 Å². The van der Waals surface area contributed by atoms with Crippen LogP contribution in [0.2, 0.25) is 5.02 Å². The van der Waals surface area contributed by atoms with Gasteiger partial charge in [0.1, 0.15) is 0 Å². The number of halogens is 1. The molecule has 0 heterocycles. The van der Waals surface area contributed by atoms with Gasteiger partial charge in [0.15, 0.2) is 0 Å². The summed E-state index contributed by atoms with van der Waals surface area (Å²) in [5, 5.41) is 3.28. The molecule has 0 fully saturated rings.